The van der Waals surface area contributed by atoms with Crippen molar-refractivity contribution in [1.29, 1.82) is 0 Å². The molecule has 1 aromatic rings. The molecule has 1 fully saturated rings. The zero-order valence-corrected chi connectivity index (χ0v) is 13.3. The van der Waals surface area contributed by atoms with Crippen LogP contribution in [0.3, 0.4) is 0 Å². The van der Waals surface area contributed by atoms with Gasteiger partial charge in [-0.1, -0.05) is 6.42 Å². The molecule has 4 nitrogen and oxygen atoms in total. The van der Waals surface area contributed by atoms with Crippen LogP contribution >= 0.6 is 15.9 Å². The molecule has 0 aromatic carbocycles. The lowest BCUT2D eigenvalue weighted by Gasteiger charge is -2.30. The van der Waals surface area contributed by atoms with Gasteiger partial charge in [0.25, 0.3) is 5.91 Å². The van der Waals surface area contributed by atoms with Gasteiger partial charge in [-0.2, -0.15) is 0 Å². The highest BCUT2D eigenvalue weighted by molar-refractivity contribution is 9.10. The molecule has 5 heteroatoms. The Morgan fingerprint density at radius 2 is 2.11 bits per heavy atom. The van der Waals surface area contributed by atoms with Gasteiger partial charge >= 0.3 is 0 Å². The first kappa shape index (κ1) is 14.3. The number of carbonyl (C=O) groups excluding carboxylic acids is 1. The highest BCUT2D eigenvalue weighted by Crippen LogP contribution is 2.28. The minimum atomic E-state index is 0.0457. The molecule has 1 heterocycles. The zero-order valence-electron chi connectivity index (χ0n) is 11.7. The first-order valence-corrected chi connectivity index (χ1v) is 7.36. The molecule has 0 aliphatic heterocycles. The van der Waals surface area contributed by atoms with E-state index in [0.29, 0.717) is 17.3 Å². The van der Waals surface area contributed by atoms with Gasteiger partial charge in [0.05, 0.1) is 5.56 Å². The second kappa shape index (κ2) is 5.90. The van der Waals surface area contributed by atoms with E-state index in [1.807, 2.05) is 37.0 Å². The van der Waals surface area contributed by atoms with Crippen molar-refractivity contribution in [1.82, 2.24) is 9.88 Å². The molecule has 2 rings (SSSR count). The van der Waals surface area contributed by atoms with Gasteiger partial charge in [-0.05, 0) is 40.8 Å². The third-order valence-electron chi connectivity index (χ3n) is 3.59. The summed E-state index contributed by atoms with van der Waals surface area (Å²) < 4.78 is 0.832. The molecule has 0 spiro atoms. The summed E-state index contributed by atoms with van der Waals surface area (Å²) in [5, 5.41) is 0. The lowest BCUT2D eigenvalue weighted by atomic mass is 9.85. The number of hydrogen-bond acceptors (Lipinski definition) is 3. The summed E-state index contributed by atoms with van der Waals surface area (Å²) in [7, 11) is 5.68. The van der Waals surface area contributed by atoms with E-state index < -0.39 is 0 Å². The van der Waals surface area contributed by atoms with Crippen molar-refractivity contribution in [3.63, 3.8) is 0 Å². The van der Waals surface area contributed by atoms with Crippen LogP contribution in [-0.2, 0) is 0 Å². The molecule has 1 aliphatic carbocycles. The quantitative estimate of drug-likeness (QED) is 0.854. The van der Waals surface area contributed by atoms with Crippen LogP contribution in [0.5, 0.6) is 0 Å². The number of anilines is 1. The van der Waals surface area contributed by atoms with E-state index in [1.165, 1.54) is 19.3 Å². The summed E-state index contributed by atoms with van der Waals surface area (Å²) in [6.45, 7) is 0.845. The normalized spacial score (nSPS) is 14.9. The van der Waals surface area contributed by atoms with Crippen LogP contribution in [0, 0.1) is 5.92 Å². The topological polar surface area (TPSA) is 36.4 Å². The Hall–Kier alpha value is -1.10. The van der Waals surface area contributed by atoms with E-state index >= 15 is 0 Å². The van der Waals surface area contributed by atoms with Gasteiger partial charge < -0.3 is 9.80 Å². The second-order valence-electron chi connectivity index (χ2n) is 5.40. The fourth-order valence-corrected chi connectivity index (χ4v) is 2.63. The predicted octanol–water partition coefficient (Wildman–Crippen LogP) is 2.78. The van der Waals surface area contributed by atoms with Crippen LogP contribution in [0.25, 0.3) is 0 Å². The molecule has 0 atom stereocenters. The average molecular weight is 326 g/mol. The molecule has 1 aromatic heterocycles. The molecular formula is C14H20BrN3O. The highest BCUT2D eigenvalue weighted by Gasteiger charge is 2.24. The lowest BCUT2D eigenvalue weighted by molar-refractivity contribution is 0.0745. The van der Waals surface area contributed by atoms with Crippen LogP contribution in [0.4, 0.5) is 5.82 Å². The number of nitrogens with zero attached hydrogens (tertiary/aromatic N) is 3. The zero-order chi connectivity index (χ0) is 14.0. The van der Waals surface area contributed by atoms with Gasteiger partial charge in [0.15, 0.2) is 0 Å². The van der Waals surface area contributed by atoms with Crippen molar-refractivity contribution >= 4 is 27.7 Å². The third-order valence-corrected chi connectivity index (χ3v) is 4.02. The number of halogens is 1. The fourth-order valence-electron chi connectivity index (χ4n) is 2.30. The van der Waals surface area contributed by atoms with Gasteiger partial charge in [0.1, 0.15) is 5.82 Å². The molecule has 1 saturated carbocycles. The van der Waals surface area contributed by atoms with E-state index in [-0.39, 0.29) is 5.91 Å². The molecule has 0 radical (unpaired) electrons. The SMILES string of the molecule is CN(CC1CCC1)C(=O)c1cc(Br)cnc1N(C)C. The van der Waals surface area contributed by atoms with Gasteiger partial charge in [0.2, 0.25) is 0 Å². The van der Waals surface area contributed by atoms with Crippen molar-refractivity contribution in [2.24, 2.45) is 5.92 Å². The monoisotopic (exact) mass is 325 g/mol. The molecule has 0 unspecified atom stereocenters. The maximum atomic E-state index is 12.5. The maximum Gasteiger partial charge on any atom is 0.257 e. The minimum absolute atomic E-state index is 0.0457. The minimum Gasteiger partial charge on any atom is -0.362 e. The second-order valence-corrected chi connectivity index (χ2v) is 6.32. The Morgan fingerprint density at radius 3 is 2.63 bits per heavy atom. The van der Waals surface area contributed by atoms with Crippen LogP contribution < -0.4 is 4.90 Å². The first-order chi connectivity index (χ1) is 8.99. The molecular weight excluding hydrogens is 306 g/mol. The van der Waals surface area contributed by atoms with E-state index in [9.17, 15) is 4.79 Å². The number of hydrogen-bond donors (Lipinski definition) is 0. The summed E-state index contributed by atoms with van der Waals surface area (Å²) in [4.78, 5) is 20.6. The summed E-state index contributed by atoms with van der Waals surface area (Å²) in [5.41, 5.74) is 0.654. The van der Waals surface area contributed by atoms with Crippen molar-refractivity contribution in [2.75, 3.05) is 32.6 Å². The maximum absolute atomic E-state index is 12.5. The summed E-state index contributed by atoms with van der Waals surface area (Å²) in [5.74, 6) is 1.44. The predicted molar refractivity (Wildman–Crippen MR) is 80.6 cm³/mol. The Kier molecular flexibility index (Phi) is 4.45. The smallest absolute Gasteiger partial charge is 0.257 e. The fraction of sp³-hybridized carbons (Fsp3) is 0.571. The van der Waals surface area contributed by atoms with E-state index in [1.54, 1.807) is 6.20 Å². The number of pyridine rings is 1. The van der Waals surface area contributed by atoms with Crippen molar-refractivity contribution in [2.45, 2.75) is 19.3 Å². The Labute approximate surface area is 122 Å². The van der Waals surface area contributed by atoms with Crippen LogP contribution in [0.2, 0.25) is 0 Å². The van der Waals surface area contributed by atoms with Crippen LogP contribution in [-0.4, -0.2) is 43.5 Å². The number of aromatic nitrogens is 1. The first-order valence-electron chi connectivity index (χ1n) is 6.57. The Balaban J connectivity index is 2.18. The summed E-state index contributed by atoms with van der Waals surface area (Å²) in [6.07, 6.45) is 5.51. The summed E-state index contributed by atoms with van der Waals surface area (Å²) >= 11 is 3.39. The highest BCUT2D eigenvalue weighted by atomic mass is 79.9. The standard InChI is InChI=1S/C14H20BrN3O/c1-17(2)13-12(7-11(15)8-16-13)14(19)18(3)9-10-5-4-6-10/h7-8,10H,4-6,9H2,1-3H3. The molecule has 0 bridgehead atoms. The van der Waals surface area contributed by atoms with E-state index in [4.69, 9.17) is 0 Å². The van der Waals surface area contributed by atoms with Crippen LogP contribution in [0.15, 0.2) is 16.7 Å². The Bertz CT molecular complexity index is 472. The van der Waals surface area contributed by atoms with Crippen molar-refractivity contribution < 1.29 is 4.79 Å². The number of amides is 1. The van der Waals surface area contributed by atoms with Gasteiger partial charge in [-0.25, -0.2) is 4.98 Å². The van der Waals surface area contributed by atoms with Crippen molar-refractivity contribution in [3.8, 4) is 0 Å². The van der Waals surface area contributed by atoms with Crippen molar-refractivity contribution in [3.05, 3.63) is 22.3 Å². The molecule has 1 amide bonds. The van der Waals surface area contributed by atoms with Gasteiger partial charge in [0, 0.05) is 38.4 Å². The van der Waals surface area contributed by atoms with E-state index in [0.717, 1.165) is 11.0 Å². The average Bonchev–Trinajstić information content (AvgIpc) is 2.32. The molecule has 0 saturated heterocycles. The molecule has 1 aliphatic rings. The third kappa shape index (κ3) is 3.26. The Morgan fingerprint density at radius 1 is 1.42 bits per heavy atom. The lowest BCUT2D eigenvalue weighted by Crippen LogP contribution is -2.35. The molecule has 0 N–H and O–H groups in total. The summed E-state index contributed by atoms with van der Waals surface area (Å²) in [6, 6.07) is 1.85. The number of carbonyl (C=O) groups is 1. The number of rotatable bonds is 4. The molecule has 104 valence electrons. The van der Waals surface area contributed by atoms with E-state index in [2.05, 4.69) is 20.9 Å². The largest absolute Gasteiger partial charge is 0.362 e. The molecule has 19 heavy (non-hydrogen) atoms. The van der Waals surface area contributed by atoms with Gasteiger partial charge in [-0.15, -0.1) is 0 Å². The van der Waals surface area contributed by atoms with Crippen LogP contribution in [0.1, 0.15) is 29.6 Å². The van der Waals surface area contributed by atoms with Gasteiger partial charge in [-0.3, -0.25) is 4.79 Å².